The van der Waals surface area contributed by atoms with Gasteiger partial charge in [0.25, 0.3) is 0 Å². The molecule has 2 aromatic rings. The zero-order valence-corrected chi connectivity index (χ0v) is 10.8. The highest BCUT2D eigenvalue weighted by molar-refractivity contribution is 7.73. The van der Waals surface area contributed by atoms with Crippen LogP contribution in [0.2, 0.25) is 4.34 Å². The Morgan fingerprint density at radius 2 is 2.33 bits per heavy atom. The Labute approximate surface area is 105 Å². The first kappa shape index (κ1) is 11.1. The van der Waals surface area contributed by atoms with Crippen molar-refractivity contribution in [3.63, 3.8) is 0 Å². The van der Waals surface area contributed by atoms with Crippen LogP contribution in [0.25, 0.3) is 0 Å². The lowest BCUT2D eigenvalue weighted by Gasteiger charge is -1.98. The third-order valence-electron chi connectivity index (χ3n) is 1.71. The van der Waals surface area contributed by atoms with E-state index in [1.165, 1.54) is 16.2 Å². The van der Waals surface area contributed by atoms with Gasteiger partial charge in [-0.25, -0.2) is 0 Å². The summed E-state index contributed by atoms with van der Waals surface area (Å²) in [4.78, 5) is 1.27. The molecule has 15 heavy (non-hydrogen) atoms. The van der Waals surface area contributed by atoms with Crippen LogP contribution in [0, 0.1) is 3.95 Å². The number of aromatic nitrogens is 2. The Morgan fingerprint density at radius 3 is 2.93 bits per heavy atom. The maximum absolute atomic E-state index is 5.83. The summed E-state index contributed by atoms with van der Waals surface area (Å²) < 4.78 is 1.53. The van der Waals surface area contributed by atoms with Crippen LogP contribution in [0.5, 0.6) is 0 Å². The predicted octanol–water partition coefficient (Wildman–Crippen LogP) is 3.57. The van der Waals surface area contributed by atoms with Gasteiger partial charge >= 0.3 is 0 Å². The molecule has 0 unspecified atom stereocenters. The van der Waals surface area contributed by atoms with Crippen LogP contribution in [0.1, 0.15) is 4.88 Å². The molecule has 0 saturated heterocycles. The SMILES string of the molecule is S=c1[nH]nc(NCCc2ccc(Cl)s2)s1. The summed E-state index contributed by atoms with van der Waals surface area (Å²) in [5.74, 6) is 0. The molecule has 0 aromatic carbocycles. The van der Waals surface area contributed by atoms with E-state index in [0.717, 1.165) is 22.4 Å². The third kappa shape index (κ3) is 3.27. The van der Waals surface area contributed by atoms with Crippen molar-refractivity contribution >= 4 is 51.6 Å². The molecule has 0 atom stereocenters. The number of anilines is 1. The minimum absolute atomic E-state index is 0.691. The van der Waals surface area contributed by atoms with Gasteiger partial charge in [-0.05, 0) is 30.8 Å². The average Bonchev–Trinajstić information content (AvgIpc) is 2.76. The van der Waals surface area contributed by atoms with Gasteiger partial charge in [-0.1, -0.05) is 22.9 Å². The second-order valence-electron chi connectivity index (χ2n) is 2.80. The lowest BCUT2D eigenvalue weighted by atomic mass is 10.3. The Hall–Kier alpha value is -0.430. The van der Waals surface area contributed by atoms with E-state index in [2.05, 4.69) is 15.5 Å². The number of halogens is 1. The van der Waals surface area contributed by atoms with Crippen LogP contribution in [0.3, 0.4) is 0 Å². The predicted molar refractivity (Wildman–Crippen MR) is 68.8 cm³/mol. The van der Waals surface area contributed by atoms with Crippen molar-refractivity contribution in [1.29, 1.82) is 0 Å². The van der Waals surface area contributed by atoms with Crippen LogP contribution in [-0.4, -0.2) is 16.7 Å². The van der Waals surface area contributed by atoms with Crippen molar-refractivity contribution in [1.82, 2.24) is 10.2 Å². The minimum atomic E-state index is 0.691. The summed E-state index contributed by atoms with van der Waals surface area (Å²) in [6, 6.07) is 3.96. The molecular weight excluding hydrogens is 270 g/mol. The van der Waals surface area contributed by atoms with Crippen molar-refractivity contribution < 1.29 is 0 Å². The molecule has 0 amide bonds. The molecule has 2 aromatic heterocycles. The molecule has 0 saturated carbocycles. The van der Waals surface area contributed by atoms with E-state index >= 15 is 0 Å². The first-order chi connectivity index (χ1) is 7.24. The smallest absolute Gasteiger partial charge is 0.204 e. The normalized spacial score (nSPS) is 10.5. The van der Waals surface area contributed by atoms with Crippen LogP contribution in [-0.2, 0) is 6.42 Å². The number of thiophene rings is 1. The van der Waals surface area contributed by atoms with Crippen LogP contribution in [0.4, 0.5) is 5.13 Å². The van der Waals surface area contributed by atoms with E-state index in [1.54, 1.807) is 11.3 Å². The first-order valence-electron chi connectivity index (χ1n) is 4.27. The van der Waals surface area contributed by atoms with Gasteiger partial charge < -0.3 is 5.32 Å². The van der Waals surface area contributed by atoms with Gasteiger partial charge in [0.05, 0.1) is 4.34 Å². The molecule has 0 radical (unpaired) electrons. The Kier molecular flexibility index (Phi) is 3.74. The highest BCUT2D eigenvalue weighted by Gasteiger charge is 1.99. The first-order valence-corrected chi connectivity index (χ1v) is 6.69. The quantitative estimate of drug-likeness (QED) is 0.840. The number of hydrogen-bond donors (Lipinski definition) is 2. The highest BCUT2D eigenvalue weighted by atomic mass is 35.5. The summed E-state index contributed by atoms with van der Waals surface area (Å²) >= 11 is 13.8. The monoisotopic (exact) mass is 277 g/mol. The zero-order valence-electron chi connectivity index (χ0n) is 7.62. The maximum atomic E-state index is 5.83. The number of rotatable bonds is 4. The minimum Gasteiger partial charge on any atom is -0.360 e. The van der Waals surface area contributed by atoms with Gasteiger partial charge in [0.2, 0.25) is 5.13 Å². The molecule has 2 rings (SSSR count). The van der Waals surface area contributed by atoms with Crippen molar-refractivity contribution in [2.45, 2.75) is 6.42 Å². The third-order valence-corrected chi connectivity index (χ3v) is 4.05. The van der Waals surface area contributed by atoms with Crippen molar-refractivity contribution in [2.75, 3.05) is 11.9 Å². The van der Waals surface area contributed by atoms with Gasteiger partial charge in [-0.15, -0.1) is 16.4 Å². The van der Waals surface area contributed by atoms with E-state index < -0.39 is 0 Å². The summed E-state index contributed by atoms with van der Waals surface area (Å²) in [6.07, 6.45) is 0.948. The second kappa shape index (κ2) is 5.07. The van der Waals surface area contributed by atoms with Crippen LogP contribution in [0.15, 0.2) is 12.1 Å². The molecule has 2 N–H and O–H groups in total. The molecule has 0 aliphatic carbocycles. The zero-order chi connectivity index (χ0) is 10.7. The summed E-state index contributed by atoms with van der Waals surface area (Å²) in [5.41, 5.74) is 0. The van der Waals surface area contributed by atoms with Gasteiger partial charge in [-0.3, -0.25) is 5.10 Å². The van der Waals surface area contributed by atoms with Crippen molar-refractivity contribution in [3.8, 4) is 0 Å². The number of hydrogen-bond acceptors (Lipinski definition) is 5. The lowest BCUT2D eigenvalue weighted by molar-refractivity contribution is 1.01. The van der Waals surface area contributed by atoms with Crippen LogP contribution >= 0.6 is 46.5 Å². The lowest BCUT2D eigenvalue weighted by Crippen LogP contribution is -2.03. The molecular formula is C8H8ClN3S3. The fraction of sp³-hybridized carbons (Fsp3) is 0.250. The van der Waals surface area contributed by atoms with E-state index in [0.29, 0.717) is 3.95 Å². The Morgan fingerprint density at radius 1 is 1.47 bits per heavy atom. The molecule has 0 fully saturated rings. The second-order valence-corrected chi connectivity index (χ2v) is 6.27. The average molecular weight is 278 g/mol. The van der Waals surface area contributed by atoms with E-state index in [9.17, 15) is 0 Å². The molecule has 0 spiro atoms. The summed E-state index contributed by atoms with van der Waals surface area (Å²) in [6.45, 7) is 0.840. The van der Waals surface area contributed by atoms with Gasteiger partial charge in [0.1, 0.15) is 0 Å². The van der Waals surface area contributed by atoms with E-state index in [4.69, 9.17) is 23.8 Å². The molecule has 3 nitrogen and oxygen atoms in total. The maximum Gasteiger partial charge on any atom is 0.204 e. The van der Waals surface area contributed by atoms with Gasteiger partial charge in [-0.2, -0.15) is 0 Å². The number of H-pyrrole nitrogens is 1. The van der Waals surface area contributed by atoms with Gasteiger partial charge in [0, 0.05) is 11.4 Å². The molecule has 0 aliphatic heterocycles. The largest absolute Gasteiger partial charge is 0.360 e. The number of nitrogens with zero attached hydrogens (tertiary/aromatic N) is 1. The van der Waals surface area contributed by atoms with E-state index in [1.807, 2.05) is 12.1 Å². The molecule has 2 heterocycles. The van der Waals surface area contributed by atoms with Gasteiger partial charge in [0.15, 0.2) is 3.95 Å². The number of nitrogens with one attached hydrogen (secondary N) is 2. The summed E-state index contributed by atoms with van der Waals surface area (Å²) in [5, 5.41) is 10.8. The van der Waals surface area contributed by atoms with Crippen molar-refractivity contribution in [2.24, 2.45) is 0 Å². The highest BCUT2D eigenvalue weighted by Crippen LogP contribution is 2.21. The fourth-order valence-corrected chi connectivity index (χ4v) is 2.99. The molecule has 0 bridgehead atoms. The molecule has 7 heteroatoms. The van der Waals surface area contributed by atoms with Crippen LogP contribution < -0.4 is 5.32 Å². The summed E-state index contributed by atoms with van der Waals surface area (Å²) in [7, 11) is 0. The topological polar surface area (TPSA) is 40.7 Å². The molecule has 80 valence electrons. The standard InChI is InChI=1S/C8H8ClN3S3/c9-6-2-1-5(14-6)3-4-10-7-11-12-8(13)15-7/h1-2H,3-4H2,(H,10,11)(H,12,13). The van der Waals surface area contributed by atoms with Crippen molar-refractivity contribution in [3.05, 3.63) is 25.3 Å². The fourth-order valence-electron chi connectivity index (χ4n) is 1.08. The Balaban J connectivity index is 1.82. The molecule has 0 aliphatic rings. The Bertz CT molecular complexity index is 487. The van der Waals surface area contributed by atoms with E-state index in [-0.39, 0.29) is 0 Å². The number of aromatic amines is 1.